The van der Waals surface area contributed by atoms with Gasteiger partial charge in [0.2, 0.25) is 6.23 Å². The van der Waals surface area contributed by atoms with E-state index in [-0.39, 0.29) is 5.97 Å². The largest absolute Gasteiger partial charge is 0.434 e. The van der Waals surface area contributed by atoms with Gasteiger partial charge >= 0.3 is 5.97 Å². The third-order valence-corrected chi connectivity index (χ3v) is 3.16. The second-order valence-corrected chi connectivity index (χ2v) is 4.79. The molecule has 0 spiro atoms. The van der Waals surface area contributed by atoms with E-state index in [4.69, 9.17) is 4.74 Å². The quantitative estimate of drug-likeness (QED) is 0.866. The molecule has 0 fully saturated rings. The number of carbonyl (C=O) groups excluding carboxylic acids is 1. The number of anilines is 1. The molecule has 5 heteroatoms. The van der Waals surface area contributed by atoms with Gasteiger partial charge in [-0.3, -0.25) is 0 Å². The number of pyridine rings is 1. The number of fused-ring (bicyclic) bond motifs is 1. The number of nitrogens with one attached hydrogen (secondary N) is 1. The highest BCUT2D eigenvalue weighted by Gasteiger charge is 2.30. The molecule has 0 amide bonds. The van der Waals surface area contributed by atoms with Crippen molar-refractivity contribution in [1.82, 2.24) is 4.98 Å². The molecule has 0 saturated carbocycles. The zero-order valence-electron chi connectivity index (χ0n) is 9.26. The molecule has 18 heavy (non-hydrogen) atoms. The second kappa shape index (κ2) is 4.42. The number of ether oxygens (including phenoxy) is 1. The Morgan fingerprint density at radius 2 is 2.06 bits per heavy atom. The van der Waals surface area contributed by atoms with E-state index in [2.05, 4.69) is 26.2 Å². The van der Waals surface area contributed by atoms with Crippen LogP contribution in [0.25, 0.3) is 0 Å². The minimum absolute atomic E-state index is 0.305. The van der Waals surface area contributed by atoms with E-state index in [9.17, 15) is 4.79 Å². The molecule has 1 atom stereocenters. The summed E-state index contributed by atoms with van der Waals surface area (Å²) in [7, 11) is 0. The van der Waals surface area contributed by atoms with Crippen molar-refractivity contribution in [2.45, 2.75) is 6.23 Å². The number of benzene rings is 1. The van der Waals surface area contributed by atoms with Crippen molar-refractivity contribution >= 4 is 27.7 Å². The number of carbonyl (C=O) groups is 1. The maximum absolute atomic E-state index is 11.6. The van der Waals surface area contributed by atoms with Crippen molar-refractivity contribution in [2.24, 2.45) is 0 Å². The predicted octanol–water partition coefficient (Wildman–Crippen LogP) is 3.13. The summed E-state index contributed by atoms with van der Waals surface area (Å²) in [6.07, 6.45) is 1.22. The van der Waals surface area contributed by atoms with E-state index in [1.54, 1.807) is 12.3 Å². The average molecular weight is 305 g/mol. The number of rotatable bonds is 2. The molecule has 0 aliphatic carbocycles. The minimum atomic E-state index is -0.470. The van der Waals surface area contributed by atoms with Gasteiger partial charge in [0.1, 0.15) is 5.82 Å². The van der Waals surface area contributed by atoms with Crippen LogP contribution in [0.1, 0.15) is 22.1 Å². The van der Waals surface area contributed by atoms with Gasteiger partial charge in [-0.1, -0.05) is 18.2 Å². The predicted molar refractivity (Wildman–Crippen MR) is 70.2 cm³/mol. The van der Waals surface area contributed by atoms with Crippen molar-refractivity contribution in [2.75, 3.05) is 5.32 Å². The Kier molecular flexibility index (Phi) is 2.76. The van der Waals surface area contributed by atoms with Crippen molar-refractivity contribution in [3.8, 4) is 0 Å². The zero-order valence-corrected chi connectivity index (χ0v) is 10.8. The summed E-state index contributed by atoms with van der Waals surface area (Å²) in [6, 6.07) is 11.0. The summed E-state index contributed by atoms with van der Waals surface area (Å²) in [5.74, 6) is 0.355. The van der Waals surface area contributed by atoms with E-state index in [1.165, 1.54) is 0 Å². The molecule has 0 radical (unpaired) electrons. The first-order valence-corrected chi connectivity index (χ1v) is 6.21. The number of esters is 1. The van der Waals surface area contributed by atoms with E-state index >= 15 is 0 Å². The lowest BCUT2D eigenvalue weighted by Crippen LogP contribution is -2.11. The highest BCUT2D eigenvalue weighted by Crippen LogP contribution is 2.30. The maximum atomic E-state index is 11.6. The normalized spacial score (nSPS) is 17.2. The lowest BCUT2D eigenvalue weighted by Gasteiger charge is -2.13. The topological polar surface area (TPSA) is 51.2 Å². The molecule has 1 aliphatic rings. The molecular formula is C13H9BrN2O2. The third kappa shape index (κ3) is 1.97. The molecule has 0 saturated heterocycles. The second-order valence-electron chi connectivity index (χ2n) is 3.88. The first-order valence-electron chi connectivity index (χ1n) is 5.42. The Morgan fingerprint density at radius 1 is 1.22 bits per heavy atom. The van der Waals surface area contributed by atoms with Gasteiger partial charge in [-0.05, 0) is 34.1 Å². The van der Waals surface area contributed by atoms with E-state index in [0.29, 0.717) is 11.4 Å². The van der Waals surface area contributed by atoms with Gasteiger partial charge in [0.25, 0.3) is 0 Å². The molecular weight excluding hydrogens is 296 g/mol. The van der Waals surface area contributed by atoms with Gasteiger partial charge in [0, 0.05) is 16.2 Å². The van der Waals surface area contributed by atoms with Gasteiger partial charge in [-0.15, -0.1) is 0 Å². The summed E-state index contributed by atoms with van der Waals surface area (Å²) in [5.41, 5.74) is 1.44. The summed E-state index contributed by atoms with van der Waals surface area (Å²) in [4.78, 5) is 15.8. The molecule has 0 unspecified atom stereocenters. The number of halogens is 1. The molecule has 2 aromatic rings. The number of hydrogen-bond acceptors (Lipinski definition) is 4. The van der Waals surface area contributed by atoms with Crippen molar-refractivity contribution in [1.29, 1.82) is 0 Å². The fraction of sp³-hybridized carbons (Fsp3) is 0.0769. The van der Waals surface area contributed by atoms with Gasteiger partial charge in [-0.2, -0.15) is 0 Å². The van der Waals surface area contributed by atoms with Crippen LogP contribution in [-0.2, 0) is 4.74 Å². The van der Waals surface area contributed by atoms with Crippen molar-refractivity contribution < 1.29 is 9.53 Å². The summed E-state index contributed by atoms with van der Waals surface area (Å²) in [6.45, 7) is 0. The average Bonchev–Trinajstić information content (AvgIpc) is 2.70. The van der Waals surface area contributed by atoms with Crippen LogP contribution >= 0.6 is 15.9 Å². The number of hydrogen-bond donors (Lipinski definition) is 1. The standard InChI is InChI=1S/C13H9BrN2O2/c14-8-5-6-11(15-7-8)16-12-9-3-1-2-4-10(9)13(17)18-12/h1-7,12H,(H,15,16)/t12-/m0/s1. The molecule has 1 aromatic carbocycles. The van der Waals surface area contributed by atoms with E-state index < -0.39 is 6.23 Å². The number of cyclic esters (lactones) is 1. The van der Waals surface area contributed by atoms with E-state index in [0.717, 1.165) is 10.0 Å². The zero-order chi connectivity index (χ0) is 12.5. The highest BCUT2D eigenvalue weighted by molar-refractivity contribution is 9.10. The van der Waals surface area contributed by atoms with E-state index in [1.807, 2.05) is 30.3 Å². The molecule has 1 aromatic heterocycles. The van der Waals surface area contributed by atoms with Gasteiger partial charge in [0.05, 0.1) is 5.56 Å². The van der Waals surface area contributed by atoms with Gasteiger partial charge < -0.3 is 10.1 Å². The SMILES string of the molecule is O=C1O[C@H](Nc2ccc(Br)cn2)c2ccccc21. The minimum Gasteiger partial charge on any atom is -0.434 e. The first kappa shape index (κ1) is 11.2. The smallest absolute Gasteiger partial charge is 0.340 e. The lowest BCUT2D eigenvalue weighted by molar-refractivity contribution is 0.0436. The molecule has 90 valence electrons. The Morgan fingerprint density at radius 3 is 2.83 bits per heavy atom. The summed E-state index contributed by atoms with van der Waals surface area (Å²) < 4.78 is 6.16. The van der Waals surface area contributed by atoms with Crippen LogP contribution in [0, 0.1) is 0 Å². The van der Waals surface area contributed by atoms with Crippen LogP contribution in [-0.4, -0.2) is 11.0 Å². The van der Waals surface area contributed by atoms with Crippen molar-refractivity contribution in [3.63, 3.8) is 0 Å². The lowest BCUT2D eigenvalue weighted by atomic mass is 10.1. The first-order chi connectivity index (χ1) is 8.74. The Bertz CT molecular complexity index is 598. The van der Waals surface area contributed by atoms with Crippen LogP contribution in [0.5, 0.6) is 0 Å². The molecule has 2 heterocycles. The van der Waals surface area contributed by atoms with Crippen LogP contribution in [0.4, 0.5) is 5.82 Å². The molecule has 1 aliphatic heterocycles. The maximum Gasteiger partial charge on any atom is 0.340 e. The van der Waals surface area contributed by atoms with Gasteiger partial charge in [-0.25, -0.2) is 9.78 Å². The van der Waals surface area contributed by atoms with Crippen LogP contribution in [0.2, 0.25) is 0 Å². The number of nitrogens with zero attached hydrogens (tertiary/aromatic N) is 1. The van der Waals surface area contributed by atoms with Gasteiger partial charge in [0.15, 0.2) is 0 Å². The number of aromatic nitrogens is 1. The van der Waals surface area contributed by atoms with Crippen LogP contribution in [0.3, 0.4) is 0 Å². The Hall–Kier alpha value is -1.88. The molecule has 0 bridgehead atoms. The fourth-order valence-electron chi connectivity index (χ4n) is 1.85. The molecule has 4 nitrogen and oxygen atoms in total. The Labute approximate surface area is 112 Å². The highest BCUT2D eigenvalue weighted by atomic mass is 79.9. The molecule has 1 N–H and O–H groups in total. The molecule has 3 rings (SSSR count). The summed E-state index contributed by atoms with van der Waals surface area (Å²) >= 11 is 3.32. The van der Waals surface area contributed by atoms with Crippen molar-refractivity contribution in [3.05, 3.63) is 58.2 Å². The summed E-state index contributed by atoms with van der Waals surface area (Å²) in [5, 5.41) is 3.08. The van der Waals surface area contributed by atoms with Crippen LogP contribution in [0.15, 0.2) is 47.1 Å². The third-order valence-electron chi connectivity index (χ3n) is 2.69. The monoisotopic (exact) mass is 304 g/mol. The van der Waals surface area contributed by atoms with Crippen LogP contribution < -0.4 is 5.32 Å². The fourth-order valence-corrected chi connectivity index (χ4v) is 2.08. The Balaban J connectivity index is 1.87.